The van der Waals surface area contributed by atoms with Crippen LogP contribution in [0.1, 0.15) is 5.56 Å². The molecular weight excluding hydrogens is 330 g/mol. The summed E-state index contributed by atoms with van der Waals surface area (Å²) in [6.07, 6.45) is 0. The topological polar surface area (TPSA) is 73.2 Å². The van der Waals surface area contributed by atoms with Crippen LogP contribution >= 0.6 is 0 Å². The van der Waals surface area contributed by atoms with Gasteiger partial charge in [-0.2, -0.15) is 5.10 Å². The van der Waals surface area contributed by atoms with Crippen LogP contribution in [-0.4, -0.2) is 22.8 Å². The largest absolute Gasteiger partial charge is 0.496 e. The molecule has 0 saturated heterocycles. The van der Waals surface area contributed by atoms with Crippen molar-refractivity contribution in [2.24, 2.45) is 0 Å². The predicted molar refractivity (Wildman–Crippen MR) is 100 cm³/mol. The lowest BCUT2D eigenvalue weighted by atomic mass is 10.1. The number of carbonyl (C=O) groups is 1. The number of benzene rings is 2. The molecule has 0 bridgehead atoms. The molecule has 1 heterocycles. The van der Waals surface area contributed by atoms with Gasteiger partial charge in [0.05, 0.1) is 12.8 Å². The van der Waals surface area contributed by atoms with Crippen molar-refractivity contribution >= 4 is 11.6 Å². The first kappa shape index (κ1) is 17.4. The van der Waals surface area contributed by atoms with Crippen molar-refractivity contribution < 1.29 is 9.53 Å². The van der Waals surface area contributed by atoms with Gasteiger partial charge in [-0.25, -0.2) is 4.68 Å². The van der Waals surface area contributed by atoms with Gasteiger partial charge in [0, 0.05) is 17.3 Å². The quantitative estimate of drug-likeness (QED) is 0.769. The molecular formula is C20H19N3O3. The van der Waals surface area contributed by atoms with Crippen LogP contribution in [0.15, 0.2) is 65.5 Å². The Kier molecular flexibility index (Phi) is 5.12. The van der Waals surface area contributed by atoms with Crippen LogP contribution < -0.4 is 15.6 Å². The zero-order valence-electron chi connectivity index (χ0n) is 14.6. The number of rotatable bonds is 5. The fraction of sp³-hybridized carbons (Fsp3) is 0.150. The first-order valence-corrected chi connectivity index (χ1v) is 8.15. The fourth-order valence-corrected chi connectivity index (χ4v) is 2.60. The van der Waals surface area contributed by atoms with E-state index in [1.165, 1.54) is 6.07 Å². The maximum absolute atomic E-state index is 12.3. The molecule has 0 unspecified atom stereocenters. The summed E-state index contributed by atoms with van der Waals surface area (Å²) < 4.78 is 6.48. The molecule has 1 N–H and O–H groups in total. The van der Waals surface area contributed by atoms with E-state index in [1.807, 2.05) is 55.5 Å². The number of methoxy groups -OCH3 is 1. The number of nitrogens with zero attached hydrogens (tertiary/aromatic N) is 2. The van der Waals surface area contributed by atoms with E-state index < -0.39 is 0 Å². The third kappa shape index (κ3) is 3.80. The van der Waals surface area contributed by atoms with Crippen LogP contribution in [0.5, 0.6) is 5.75 Å². The van der Waals surface area contributed by atoms with Crippen LogP contribution in [0, 0.1) is 6.92 Å². The lowest BCUT2D eigenvalue weighted by Crippen LogP contribution is -2.29. The average Bonchev–Trinajstić information content (AvgIpc) is 2.65. The molecule has 6 nitrogen and oxygen atoms in total. The molecule has 6 heteroatoms. The highest BCUT2D eigenvalue weighted by Crippen LogP contribution is 2.27. The zero-order chi connectivity index (χ0) is 18.5. The summed E-state index contributed by atoms with van der Waals surface area (Å²) in [6.45, 7) is 1.73. The van der Waals surface area contributed by atoms with Gasteiger partial charge in [0.2, 0.25) is 5.91 Å². The number of hydrogen-bond donors (Lipinski definition) is 1. The molecule has 0 saturated carbocycles. The van der Waals surface area contributed by atoms with Gasteiger partial charge in [-0.05, 0) is 36.8 Å². The molecule has 3 aromatic rings. The van der Waals surface area contributed by atoms with Crippen molar-refractivity contribution in [2.45, 2.75) is 13.5 Å². The molecule has 3 rings (SSSR count). The molecule has 1 aromatic heterocycles. The number of hydrogen-bond acceptors (Lipinski definition) is 4. The summed E-state index contributed by atoms with van der Waals surface area (Å²) in [4.78, 5) is 24.4. The van der Waals surface area contributed by atoms with E-state index >= 15 is 0 Å². The smallest absolute Gasteiger partial charge is 0.267 e. The molecule has 0 aliphatic rings. The van der Waals surface area contributed by atoms with E-state index in [2.05, 4.69) is 10.4 Å². The Morgan fingerprint density at radius 2 is 1.81 bits per heavy atom. The van der Waals surface area contributed by atoms with Crippen molar-refractivity contribution in [2.75, 3.05) is 12.4 Å². The Bertz CT molecular complexity index is 995. The lowest BCUT2D eigenvalue weighted by Gasteiger charge is -2.11. The first-order valence-electron chi connectivity index (χ1n) is 8.15. The third-order valence-corrected chi connectivity index (χ3v) is 3.96. The van der Waals surface area contributed by atoms with Gasteiger partial charge in [0.1, 0.15) is 12.3 Å². The van der Waals surface area contributed by atoms with E-state index in [1.54, 1.807) is 13.2 Å². The van der Waals surface area contributed by atoms with Crippen LogP contribution in [0.2, 0.25) is 0 Å². The molecule has 0 atom stereocenters. The van der Waals surface area contributed by atoms with E-state index in [0.717, 1.165) is 15.8 Å². The van der Waals surface area contributed by atoms with E-state index in [4.69, 9.17) is 4.74 Å². The highest BCUT2D eigenvalue weighted by atomic mass is 16.5. The average molecular weight is 349 g/mol. The van der Waals surface area contributed by atoms with E-state index in [0.29, 0.717) is 17.1 Å². The third-order valence-electron chi connectivity index (χ3n) is 3.96. The van der Waals surface area contributed by atoms with Gasteiger partial charge in [0.25, 0.3) is 5.56 Å². The molecule has 1 amide bonds. The molecule has 0 aliphatic carbocycles. The monoisotopic (exact) mass is 349 g/mol. The normalized spacial score (nSPS) is 10.4. The number of amides is 1. The second-order valence-electron chi connectivity index (χ2n) is 5.78. The molecule has 2 aromatic carbocycles. The Morgan fingerprint density at radius 3 is 2.58 bits per heavy atom. The summed E-state index contributed by atoms with van der Waals surface area (Å²) in [5.41, 5.74) is 2.63. The van der Waals surface area contributed by atoms with Crippen molar-refractivity contribution in [3.05, 3.63) is 76.6 Å². The van der Waals surface area contributed by atoms with E-state index in [-0.39, 0.29) is 18.0 Å². The van der Waals surface area contributed by atoms with Gasteiger partial charge >= 0.3 is 0 Å². The van der Waals surface area contributed by atoms with Gasteiger partial charge in [0.15, 0.2) is 0 Å². The van der Waals surface area contributed by atoms with Crippen LogP contribution in [0.3, 0.4) is 0 Å². The highest BCUT2D eigenvalue weighted by molar-refractivity contribution is 5.91. The standard InChI is InChI=1S/C20H19N3O3/c1-14-7-3-5-9-16(14)21-19(24)13-23-20(25)12-11-17(22-23)15-8-4-6-10-18(15)26-2/h3-12H,13H2,1-2H3,(H,21,24). The Morgan fingerprint density at radius 1 is 1.08 bits per heavy atom. The van der Waals surface area contributed by atoms with Gasteiger partial charge < -0.3 is 10.1 Å². The molecule has 0 spiro atoms. The number of aryl methyl sites for hydroxylation is 1. The number of anilines is 1. The number of ether oxygens (including phenoxy) is 1. The molecule has 26 heavy (non-hydrogen) atoms. The van der Waals surface area contributed by atoms with Crippen molar-refractivity contribution in [1.82, 2.24) is 9.78 Å². The van der Waals surface area contributed by atoms with Gasteiger partial charge in [-0.1, -0.05) is 30.3 Å². The predicted octanol–water partition coefficient (Wildman–Crippen LogP) is 2.87. The summed E-state index contributed by atoms with van der Waals surface area (Å²) >= 11 is 0. The lowest BCUT2D eigenvalue weighted by molar-refractivity contribution is -0.117. The summed E-state index contributed by atoms with van der Waals surface area (Å²) in [5.74, 6) is 0.334. The number of aromatic nitrogens is 2. The Balaban J connectivity index is 1.85. The second kappa shape index (κ2) is 7.65. The fourth-order valence-electron chi connectivity index (χ4n) is 2.60. The van der Waals surface area contributed by atoms with Crippen molar-refractivity contribution in [1.29, 1.82) is 0 Å². The minimum absolute atomic E-state index is 0.170. The molecule has 0 radical (unpaired) electrons. The van der Waals surface area contributed by atoms with Crippen molar-refractivity contribution in [3.63, 3.8) is 0 Å². The summed E-state index contributed by atoms with van der Waals surface area (Å²) in [5, 5.41) is 7.12. The minimum Gasteiger partial charge on any atom is -0.496 e. The van der Waals surface area contributed by atoms with Crippen LogP contribution in [-0.2, 0) is 11.3 Å². The number of para-hydroxylation sites is 2. The molecule has 132 valence electrons. The number of nitrogens with one attached hydrogen (secondary N) is 1. The first-order chi connectivity index (χ1) is 12.6. The van der Waals surface area contributed by atoms with Crippen LogP contribution in [0.25, 0.3) is 11.3 Å². The second-order valence-corrected chi connectivity index (χ2v) is 5.78. The van der Waals surface area contributed by atoms with Crippen molar-refractivity contribution in [3.8, 4) is 17.0 Å². The Labute approximate surface area is 151 Å². The maximum atomic E-state index is 12.3. The summed E-state index contributed by atoms with van der Waals surface area (Å²) in [7, 11) is 1.57. The minimum atomic E-state index is -0.344. The Hall–Kier alpha value is -3.41. The van der Waals surface area contributed by atoms with E-state index in [9.17, 15) is 9.59 Å². The molecule has 0 aliphatic heterocycles. The van der Waals surface area contributed by atoms with Crippen LogP contribution in [0.4, 0.5) is 5.69 Å². The summed E-state index contributed by atoms with van der Waals surface area (Å²) in [6, 6.07) is 17.9. The molecule has 0 fully saturated rings. The maximum Gasteiger partial charge on any atom is 0.267 e. The SMILES string of the molecule is COc1ccccc1-c1ccc(=O)n(CC(=O)Nc2ccccc2C)n1. The highest BCUT2D eigenvalue weighted by Gasteiger charge is 2.11. The number of carbonyl (C=O) groups excluding carboxylic acids is 1. The van der Waals surface area contributed by atoms with Gasteiger partial charge in [-0.3, -0.25) is 9.59 Å². The van der Waals surface area contributed by atoms with Gasteiger partial charge in [-0.15, -0.1) is 0 Å². The zero-order valence-corrected chi connectivity index (χ0v) is 14.6.